The predicted molar refractivity (Wildman–Crippen MR) is 69.3 cm³/mol. The number of aliphatic hydroxyl groups excluding tert-OH is 1. The van der Waals surface area contributed by atoms with Crippen molar-refractivity contribution in [3.8, 4) is 0 Å². The van der Waals surface area contributed by atoms with Gasteiger partial charge in [-0.1, -0.05) is 0 Å². The summed E-state index contributed by atoms with van der Waals surface area (Å²) < 4.78 is 5.64. The van der Waals surface area contributed by atoms with E-state index in [9.17, 15) is 4.79 Å². The molecule has 0 bridgehead atoms. The predicted octanol–water partition coefficient (Wildman–Crippen LogP) is 1.71. The first-order valence-electron chi connectivity index (χ1n) is 7.33. The van der Waals surface area contributed by atoms with Crippen molar-refractivity contribution in [2.45, 2.75) is 63.5 Å². The van der Waals surface area contributed by atoms with Crippen LogP contribution in [-0.2, 0) is 9.53 Å². The van der Waals surface area contributed by atoms with Gasteiger partial charge in [-0.25, -0.2) is 0 Å². The summed E-state index contributed by atoms with van der Waals surface area (Å²) in [5.41, 5.74) is 0. The second-order valence-electron chi connectivity index (χ2n) is 5.44. The molecule has 1 aliphatic carbocycles. The Labute approximate surface area is 109 Å². The second-order valence-corrected chi connectivity index (χ2v) is 5.44. The quantitative estimate of drug-likeness (QED) is 0.786. The zero-order valence-electron chi connectivity index (χ0n) is 11.1. The van der Waals surface area contributed by atoms with E-state index < -0.39 is 0 Å². The summed E-state index contributed by atoms with van der Waals surface area (Å²) in [6.45, 7) is 1.67. The Morgan fingerprint density at radius 2 is 2.06 bits per heavy atom. The van der Waals surface area contributed by atoms with E-state index in [2.05, 4.69) is 0 Å². The van der Waals surface area contributed by atoms with Gasteiger partial charge in [-0.3, -0.25) is 4.79 Å². The smallest absolute Gasteiger partial charge is 0.225 e. The maximum Gasteiger partial charge on any atom is 0.225 e. The van der Waals surface area contributed by atoms with Crippen LogP contribution < -0.4 is 0 Å². The highest BCUT2D eigenvalue weighted by Crippen LogP contribution is 2.26. The lowest BCUT2D eigenvalue weighted by Gasteiger charge is -2.38. The third kappa shape index (κ3) is 3.69. The standard InChI is InChI=1S/C14H25NO3/c16-9-4-8-15(12-5-3-6-12)14(17)11-13-7-1-2-10-18-13/h12-13,16H,1-11H2. The summed E-state index contributed by atoms with van der Waals surface area (Å²) >= 11 is 0. The SMILES string of the molecule is O=C(CC1CCCCO1)N(CCCO)C1CCC1. The van der Waals surface area contributed by atoms with Gasteiger partial charge in [0.25, 0.3) is 0 Å². The van der Waals surface area contributed by atoms with E-state index in [1.165, 1.54) is 12.8 Å². The Kier molecular flexibility index (Phi) is 5.45. The van der Waals surface area contributed by atoms with E-state index >= 15 is 0 Å². The van der Waals surface area contributed by atoms with E-state index in [1.54, 1.807) is 0 Å². The van der Waals surface area contributed by atoms with Crippen LogP contribution in [0.25, 0.3) is 0 Å². The van der Waals surface area contributed by atoms with Crippen molar-refractivity contribution in [1.29, 1.82) is 0 Å². The molecule has 0 aromatic heterocycles. The Morgan fingerprint density at radius 3 is 2.61 bits per heavy atom. The van der Waals surface area contributed by atoms with Crippen LogP contribution in [0.4, 0.5) is 0 Å². The number of carbonyl (C=O) groups excluding carboxylic acids is 1. The van der Waals surface area contributed by atoms with Crippen LogP contribution in [0.15, 0.2) is 0 Å². The Hall–Kier alpha value is -0.610. The van der Waals surface area contributed by atoms with Crippen LogP contribution in [-0.4, -0.2) is 47.8 Å². The molecule has 0 aromatic carbocycles. The number of rotatable bonds is 6. The first-order chi connectivity index (χ1) is 8.81. The van der Waals surface area contributed by atoms with Crippen LogP contribution >= 0.6 is 0 Å². The van der Waals surface area contributed by atoms with Crippen molar-refractivity contribution in [1.82, 2.24) is 4.90 Å². The fraction of sp³-hybridized carbons (Fsp3) is 0.929. The molecule has 1 saturated carbocycles. The van der Waals surface area contributed by atoms with Crippen LogP contribution in [0, 0.1) is 0 Å². The molecule has 18 heavy (non-hydrogen) atoms. The molecule has 0 spiro atoms. The van der Waals surface area contributed by atoms with Gasteiger partial charge in [0.2, 0.25) is 5.91 Å². The summed E-state index contributed by atoms with van der Waals surface area (Å²) in [6.07, 6.45) is 8.15. The molecule has 4 heteroatoms. The van der Waals surface area contributed by atoms with E-state index in [4.69, 9.17) is 9.84 Å². The van der Waals surface area contributed by atoms with Gasteiger partial charge in [0.15, 0.2) is 0 Å². The van der Waals surface area contributed by atoms with Gasteiger partial charge < -0.3 is 14.7 Å². The zero-order chi connectivity index (χ0) is 12.8. The van der Waals surface area contributed by atoms with Gasteiger partial charge in [-0.2, -0.15) is 0 Å². The minimum absolute atomic E-state index is 0.128. The van der Waals surface area contributed by atoms with Crippen LogP contribution in [0.1, 0.15) is 51.4 Å². The van der Waals surface area contributed by atoms with Gasteiger partial charge >= 0.3 is 0 Å². The number of aliphatic hydroxyl groups is 1. The van der Waals surface area contributed by atoms with Crippen molar-refractivity contribution in [2.75, 3.05) is 19.8 Å². The lowest BCUT2D eigenvalue weighted by molar-refractivity contribution is -0.139. The third-order valence-corrected chi connectivity index (χ3v) is 4.07. The number of hydrogen-bond donors (Lipinski definition) is 1. The van der Waals surface area contributed by atoms with Gasteiger partial charge in [0.1, 0.15) is 0 Å². The third-order valence-electron chi connectivity index (χ3n) is 4.07. The molecule has 1 atom stereocenters. The molecule has 104 valence electrons. The molecule has 1 unspecified atom stereocenters. The molecular formula is C14H25NO3. The average Bonchev–Trinajstić information content (AvgIpc) is 2.33. The summed E-state index contributed by atoms with van der Waals surface area (Å²) in [5, 5.41) is 8.93. The number of nitrogens with zero attached hydrogens (tertiary/aromatic N) is 1. The van der Waals surface area contributed by atoms with Gasteiger partial charge in [0, 0.05) is 25.8 Å². The number of hydrogen-bond acceptors (Lipinski definition) is 3. The van der Waals surface area contributed by atoms with E-state index in [1.807, 2.05) is 4.90 Å². The Balaban J connectivity index is 1.81. The molecule has 0 radical (unpaired) electrons. The number of ether oxygens (including phenoxy) is 1. The molecule has 1 amide bonds. The molecule has 1 aliphatic heterocycles. The molecule has 0 aromatic rings. The van der Waals surface area contributed by atoms with Crippen molar-refractivity contribution < 1.29 is 14.6 Å². The lowest BCUT2D eigenvalue weighted by atomic mass is 9.90. The molecule has 4 nitrogen and oxygen atoms in total. The molecule has 2 aliphatic rings. The second kappa shape index (κ2) is 7.10. The van der Waals surface area contributed by atoms with Crippen LogP contribution in [0.5, 0.6) is 0 Å². The number of carbonyl (C=O) groups is 1. The summed E-state index contributed by atoms with van der Waals surface area (Å²) in [5.74, 6) is 0.222. The van der Waals surface area contributed by atoms with Gasteiger partial charge in [-0.15, -0.1) is 0 Å². The van der Waals surface area contributed by atoms with E-state index in [0.717, 1.165) is 32.3 Å². The molecule has 1 heterocycles. The molecule has 2 rings (SSSR count). The highest BCUT2D eigenvalue weighted by atomic mass is 16.5. The molecular weight excluding hydrogens is 230 g/mol. The first kappa shape index (κ1) is 13.8. The fourth-order valence-electron chi connectivity index (χ4n) is 2.73. The lowest BCUT2D eigenvalue weighted by Crippen LogP contribution is -2.46. The van der Waals surface area contributed by atoms with Crippen molar-refractivity contribution in [2.24, 2.45) is 0 Å². The van der Waals surface area contributed by atoms with Crippen molar-refractivity contribution in [3.05, 3.63) is 0 Å². The summed E-state index contributed by atoms with van der Waals surface area (Å²) in [6, 6.07) is 0.424. The summed E-state index contributed by atoms with van der Waals surface area (Å²) in [7, 11) is 0. The fourth-order valence-corrected chi connectivity index (χ4v) is 2.73. The monoisotopic (exact) mass is 255 g/mol. The van der Waals surface area contributed by atoms with E-state index in [0.29, 0.717) is 25.4 Å². The minimum atomic E-state index is 0.128. The minimum Gasteiger partial charge on any atom is -0.396 e. The van der Waals surface area contributed by atoms with Gasteiger partial charge in [0.05, 0.1) is 12.5 Å². The molecule has 2 fully saturated rings. The normalized spacial score (nSPS) is 24.6. The van der Waals surface area contributed by atoms with Gasteiger partial charge in [-0.05, 0) is 44.9 Å². The average molecular weight is 255 g/mol. The van der Waals surface area contributed by atoms with Crippen LogP contribution in [0.2, 0.25) is 0 Å². The maximum absolute atomic E-state index is 12.3. The number of amides is 1. The highest BCUT2D eigenvalue weighted by Gasteiger charge is 2.30. The topological polar surface area (TPSA) is 49.8 Å². The van der Waals surface area contributed by atoms with Crippen molar-refractivity contribution >= 4 is 5.91 Å². The zero-order valence-corrected chi connectivity index (χ0v) is 11.1. The Bertz CT molecular complexity index is 260. The van der Waals surface area contributed by atoms with Crippen LogP contribution in [0.3, 0.4) is 0 Å². The summed E-state index contributed by atoms with van der Waals surface area (Å²) in [4.78, 5) is 14.3. The van der Waals surface area contributed by atoms with E-state index in [-0.39, 0.29) is 18.6 Å². The molecule has 1 N–H and O–H groups in total. The highest BCUT2D eigenvalue weighted by molar-refractivity contribution is 5.77. The Morgan fingerprint density at radius 1 is 1.22 bits per heavy atom. The largest absolute Gasteiger partial charge is 0.396 e. The molecule has 1 saturated heterocycles. The first-order valence-corrected chi connectivity index (χ1v) is 7.33. The maximum atomic E-state index is 12.3. The van der Waals surface area contributed by atoms with Crippen molar-refractivity contribution in [3.63, 3.8) is 0 Å².